The molecule has 0 saturated heterocycles. The maximum absolute atomic E-state index is 12.1. The molecule has 0 atom stereocenters. The van der Waals surface area contributed by atoms with Crippen molar-refractivity contribution in [1.82, 2.24) is 5.32 Å². The number of nitrogens with zero attached hydrogens (tertiary/aromatic N) is 1. The Labute approximate surface area is 204 Å². The number of pyridine rings is 1. The Bertz CT molecular complexity index is 856. The fourth-order valence-corrected chi connectivity index (χ4v) is 4.41. The maximum Gasteiger partial charge on any atom is 0.220 e. The number of thioether (sulfide) groups is 1. The third-order valence-electron chi connectivity index (χ3n) is 5.83. The van der Waals surface area contributed by atoms with E-state index >= 15 is 0 Å². The van der Waals surface area contributed by atoms with E-state index in [-0.39, 0.29) is 12.0 Å². The molecule has 0 aliphatic heterocycles. The van der Waals surface area contributed by atoms with Crippen molar-refractivity contribution in [3.05, 3.63) is 59.9 Å². The first-order valence-electron chi connectivity index (χ1n) is 12.2. The third kappa shape index (κ3) is 10.5. The van der Waals surface area contributed by atoms with E-state index in [1.165, 1.54) is 0 Å². The predicted molar refractivity (Wildman–Crippen MR) is 141 cm³/mol. The summed E-state index contributed by atoms with van der Waals surface area (Å²) in [5, 5.41) is 3.06. The van der Waals surface area contributed by atoms with Crippen LogP contribution in [0.25, 0.3) is 12.2 Å². The van der Waals surface area contributed by atoms with E-state index in [9.17, 15) is 4.79 Å². The highest BCUT2D eigenvalue weighted by Gasteiger charge is 2.19. The van der Waals surface area contributed by atoms with Gasteiger partial charge in [0.15, 0.2) is 12.4 Å². The highest BCUT2D eigenvalue weighted by atomic mass is 32.2. The van der Waals surface area contributed by atoms with Crippen molar-refractivity contribution in [2.75, 3.05) is 12.3 Å². The fourth-order valence-electron chi connectivity index (χ4n) is 3.30. The number of hydrogen-bond donors (Lipinski definition) is 1. The Morgan fingerprint density at radius 3 is 2.24 bits per heavy atom. The predicted octanol–water partition coefficient (Wildman–Crippen LogP) is 6.14. The van der Waals surface area contributed by atoms with Gasteiger partial charge >= 0.3 is 0 Å². The summed E-state index contributed by atoms with van der Waals surface area (Å²) in [5.41, 5.74) is 2.29. The molecule has 2 rings (SSSR count). The molecule has 0 aliphatic rings. The lowest BCUT2D eigenvalue weighted by molar-refractivity contribution is -0.697. The number of aromatic nitrogens is 1. The van der Waals surface area contributed by atoms with Gasteiger partial charge in [0.25, 0.3) is 0 Å². The number of amides is 1. The van der Waals surface area contributed by atoms with Crippen LogP contribution in [0.15, 0.2) is 48.8 Å². The zero-order chi connectivity index (χ0) is 24.1. The highest BCUT2D eigenvalue weighted by molar-refractivity contribution is 8.00. The SMILES string of the molecule is CCC(C)(CC)SCCNC(=O)CCC[n+]1ccc(/C=C/c2ccc(OC(C)C)cc2)cc1. The summed E-state index contributed by atoms with van der Waals surface area (Å²) in [4.78, 5) is 12.1. The summed E-state index contributed by atoms with van der Waals surface area (Å²) in [6.07, 6.45) is 12.3. The average molecular weight is 470 g/mol. The first-order chi connectivity index (χ1) is 15.8. The standard InChI is InChI=1S/C28H40N2O2S/c1-6-28(5,7-2)33-22-18-29-27(31)9-8-19-30-20-16-25(17-21-30)11-10-24-12-14-26(15-13-24)32-23(3)4/h10-17,20-21,23H,6-9,18-19,22H2,1-5H3/p+1/b11-10+. The van der Waals surface area contributed by atoms with Crippen LogP contribution >= 0.6 is 11.8 Å². The molecule has 0 radical (unpaired) electrons. The minimum atomic E-state index is 0.148. The lowest BCUT2D eigenvalue weighted by Crippen LogP contribution is -2.34. The van der Waals surface area contributed by atoms with Crippen LogP contribution in [0.3, 0.4) is 0 Å². The van der Waals surface area contributed by atoms with Gasteiger partial charge in [-0.3, -0.25) is 4.79 Å². The molecule has 0 spiro atoms. The Balaban J connectivity index is 1.68. The summed E-state index contributed by atoms with van der Waals surface area (Å²) < 4.78 is 8.14. The zero-order valence-electron chi connectivity index (χ0n) is 21.0. The zero-order valence-corrected chi connectivity index (χ0v) is 21.8. The normalized spacial score (nSPS) is 11.8. The van der Waals surface area contributed by atoms with Gasteiger partial charge < -0.3 is 10.1 Å². The average Bonchev–Trinajstić information content (AvgIpc) is 2.82. The molecule has 1 aromatic carbocycles. The summed E-state index contributed by atoms with van der Waals surface area (Å²) in [7, 11) is 0. The lowest BCUT2D eigenvalue weighted by atomic mass is 10.1. The molecule has 33 heavy (non-hydrogen) atoms. The molecule has 0 unspecified atom stereocenters. The molecule has 0 bridgehead atoms. The van der Waals surface area contributed by atoms with Gasteiger partial charge in [-0.15, -0.1) is 0 Å². The van der Waals surface area contributed by atoms with Crippen molar-refractivity contribution >= 4 is 29.8 Å². The molecule has 1 heterocycles. The Kier molecular flexibility index (Phi) is 11.5. The van der Waals surface area contributed by atoms with Crippen LogP contribution in [-0.4, -0.2) is 29.1 Å². The van der Waals surface area contributed by atoms with Crippen molar-refractivity contribution in [1.29, 1.82) is 0 Å². The van der Waals surface area contributed by atoms with Crippen molar-refractivity contribution in [2.45, 2.75) is 77.7 Å². The van der Waals surface area contributed by atoms with E-state index in [1.54, 1.807) is 0 Å². The summed E-state index contributed by atoms with van der Waals surface area (Å²) in [6, 6.07) is 12.3. The molecule has 2 aromatic rings. The van der Waals surface area contributed by atoms with Gasteiger partial charge in [0.05, 0.1) is 6.10 Å². The minimum Gasteiger partial charge on any atom is -0.491 e. The van der Waals surface area contributed by atoms with E-state index in [4.69, 9.17) is 4.74 Å². The molecular weight excluding hydrogens is 428 g/mol. The van der Waals surface area contributed by atoms with Crippen LogP contribution in [0, 0.1) is 0 Å². The Morgan fingerprint density at radius 2 is 1.67 bits per heavy atom. The van der Waals surface area contributed by atoms with Crippen molar-refractivity contribution in [3.63, 3.8) is 0 Å². The summed E-state index contributed by atoms with van der Waals surface area (Å²) >= 11 is 1.96. The second-order valence-corrected chi connectivity index (χ2v) is 10.6. The van der Waals surface area contributed by atoms with E-state index in [0.717, 1.165) is 55.0 Å². The Hall–Kier alpha value is -2.27. The molecule has 180 valence electrons. The molecule has 1 N–H and O–H groups in total. The third-order valence-corrected chi connectivity index (χ3v) is 7.51. The molecule has 0 fully saturated rings. The van der Waals surface area contributed by atoms with Crippen LogP contribution in [0.2, 0.25) is 0 Å². The van der Waals surface area contributed by atoms with E-state index < -0.39 is 0 Å². The van der Waals surface area contributed by atoms with Gasteiger partial charge in [-0.25, -0.2) is 4.57 Å². The number of carbonyl (C=O) groups is 1. The molecule has 4 nitrogen and oxygen atoms in total. The molecule has 1 aromatic heterocycles. The van der Waals surface area contributed by atoms with Crippen molar-refractivity contribution in [3.8, 4) is 5.75 Å². The Morgan fingerprint density at radius 1 is 1.06 bits per heavy atom. The largest absolute Gasteiger partial charge is 0.491 e. The fraction of sp³-hybridized carbons (Fsp3) is 0.500. The maximum atomic E-state index is 12.1. The van der Waals surface area contributed by atoms with Gasteiger partial charge in [-0.2, -0.15) is 11.8 Å². The minimum absolute atomic E-state index is 0.148. The van der Waals surface area contributed by atoms with Gasteiger partial charge in [0, 0.05) is 42.0 Å². The number of carbonyl (C=O) groups excluding carboxylic acids is 1. The monoisotopic (exact) mass is 469 g/mol. The van der Waals surface area contributed by atoms with Crippen LogP contribution < -0.4 is 14.6 Å². The number of benzene rings is 1. The smallest absolute Gasteiger partial charge is 0.220 e. The first kappa shape index (κ1) is 27.0. The quantitative estimate of drug-likeness (QED) is 0.267. The number of rotatable bonds is 14. The second-order valence-electron chi connectivity index (χ2n) is 8.90. The number of ether oxygens (including phenoxy) is 1. The van der Waals surface area contributed by atoms with Crippen molar-refractivity contribution < 1.29 is 14.1 Å². The molecule has 5 heteroatoms. The van der Waals surface area contributed by atoms with Gasteiger partial charge in [0.2, 0.25) is 5.91 Å². The molecule has 0 saturated carbocycles. The van der Waals surface area contributed by atoms with Crippen LogP contribution in [0.1, 0.15) is 71.4 Å². The molecule has 0 aliphatic carbocycles. The summed E-state index contributed by atoms with van der Waals surface area (Å²) in [5.74, 6) is 2.02. The second kappa shape index (κ2) is 14.1. The first-order valence-corrected chi connectivity index (χ1v) is 13.2. The van der Waals surface area contributed by atoms with Gasteiger partial charge in [-0.1, -0.05) is 45.1 Å². The van der Waals surface area contributed by atoms with E-state index in [2.05, 4.69) is 79.5 Å². The topological polar surface area (TPSA) is 42.2 Å². The van der Waals surface area contributed by atoms with Crippen molar-refractivity contribution in [2.24, 2.45) is 0 Å². The van der Waals surface area contributed by atoms with E-state index in [1.807, 2.05) is 37.7 Å². The van der Waals surface area contributed by atoms with Crippen LogP contribution in [-0.2, 0) is 11.3 Å². The highest BCUT2D eigenvalue weighted by Crippen LogP contribution is 2.31. The van der Waals surface area contributed by atoms with E-state index in [0.29, 0.717) is 11.2 Å². The van der Waals surface area contributed by atoms with Crippen LogP contribution in [0.5, 0.6) is 5.75 Å². The number of aryl methyl sites for hydroxylation is 1. The molecule has 1 amide bonds. The number of hydrogen-bond acceptors (Lipinski definition) is 3. The van der Waals surface area contributed by atoms with Crippen LogP contribution in [0.4, 0.5) is 0 Å². The lowest BCUT2D eigenvalue weighted by Gasteiger charge is -2.25. The van der Waals surface area contributed by atoms with Gasteiger partial charge in [-0.05, 0) is 49.9 Å². The number of nitrogens with one attached hydrogen (secondary N) is 1. The molecular formula is C28H41N2O2S+. The summed E-state index contributed by atoms with van der Waals surface area (Å²) in [6.45, 7) is 12.4. The van der Waals surface area contributed by atoms with Gasteiger partial charge in [0.1, 0.15) is 12.3 Å².